The molecule has 1 aliphatic rings. The highest BCUT2D eigenvalue weighted by molar-refractivity contribution is 5.76. The van der Waals surface area contributed by atoms with Crippen LogP contribution in [0.2, 0.25) is 0 Å². The second-order valence-electron chi connectivity index (χ2n) is 8.03. The lowest BCUT2D eigenvalue weighted by atomic mass is 10.1. The average molecular weight is 389 g/mol. The molecule has 0 unspecified atom stereocenters. The van der Waals surface area contributed by atoms with Gasteiger partial charge >= 0.3 is 0 Å². The molecule has 0 spiro atoms. The average Bonchev–Trinajstić information content (AvgIpc) is 3.06. The summed E-state index contributed by atoms with van der Waals surface area (Å²) in [5, 5.41) is 7.96. The smallest absolute Gasteiger partial charge is 0.221 e. The van der Waals surface area contributed by atoms with E-state index in [1.54, 1.807) is 0 Å². The predicted octanol–water partition coefficient (Wildman–Crippen LogP) is 3.87. The number of nitrogens with one attached hydrogen (secondary N) is 1. The summed E-state index contributed by atoms with van der Waals surface area (Å²) in [6.07, 6.45) is 2.67. The van der Waals surface area contributed by atoms with E-state index in [1.165, 1.54) is 16.7 Å². The predicted molar refractivity (Wildman–Crippen MR) is 116 cm³/mol. The van der Waals surface area contributed by atoms with Gasteiger partial charge in [0.25, 0.3) is 0 Å². The molecule has 1 amide bonds. The van der Waals surface area contributed by atoms with Gasteiger partial charge in [0.05, 0.1) is 11.4 Å². The lowest BCUT2D eigenvalue weighted by Gasteiger charge is -2.26. The van der Waals surface area contributed by atoms with Gasteiger partial charge < -0.3 is 5.32 Å². The molecule has 1 fully saturated rings. The number of aromatic nitrogens is 2. The van der Waals surface area contributed by atoms with Crippen LogP contribution in [0.1, 0.15) is 30.0 Å². The lowest BCUT2D eigenvalue weighted by molar-refractivity contribution is -0.120. The Balaban J connectivity index is 1.72. The van der Waals surface area contributed by atoms with Crippen molar-refractivity contribution in [3.63, 3.8) is 0 Å². The number of carbonyl (C=O) groups is 1. The first kappa shape index (κ1) is 19.4. The summed E-state index contributed by atoms with van der Waals surface area (Å²) in [5.41, 5.74) is 6.81. The van der Waals surface area contributed by atoms with Gasteiger partial charge in [-0.15, -0.1) is 0 Å². The van der Waals surface area contributed by atoms with E-state index in [0.717, 1.165) is 30.0 Å². The monoisotopic (exact) mass is 388 g/mol. The summed E-state index contributed by atoms with van der Waals surface area (Å²) < 4.78 is 1.97. The number of rotatable bonds is 4. The fourth-order valence-electron chi connectivity index (χ4n) is 3.79. The third-order valence-corrected chi connectivity index (χ3v) is 5.60. The molecule has 5 nitrogen and oxygen atoms in total. The van der Waals surface area contributed by atoms with Crippen molar-refractivity contribution in [3.05, 3.63) is 71.4 Å². The fraction of sp³-hybridized carbons (Fsp3) is 0.333. The third kappa shape index (κ3) is 4.40. The molecule has 0 saturated carbocycles. The lowest BCUT2D eigenvalue weighted by Crippen LogP contribution is -2.37. The first-order chi connectivity index (χ1) is 14.0. The van der Waals surface area contributed by atoms with E-state index in [2.05, 4.69) is 85.7 Å². The van der Waals surface area contributed by atoms with E-state index >= 15 is 0 Å². The molecule has 1 aromatic heterocycles. The van der Waals surface area contributed by atoms with Crippen LogP contribution < -0.4 is 5.32 Å². The fourth-order valence-corrected chi connectivity index (χ4v) is 3.79. The van der Waals surface area contributed by atoms with Crippen molar-refractivity contribution in [2.75, 3.05) is 13.1 Å². The van der Waals surface area contributed by atoms with Gasteiger partial charge in [0, 0.05) is 49.4 Å². The number of aryl methyl sites for hydroxylation is 2. The summed E-state index contributed by atoms with van der Waals surface area (Å²) in [6.45, 7) is 8.58. The highest BCUT2D eigenvalue weighted by Gasteiger charge is 2.23. The minimum Gasteiger partial charge on any atom is -0.355 e. The van der Waals surface area contributed by atoms with Gasteiger partial charge in [0.1, 0.15) is 0 Å². The molecule has 5 heteroatoms. The zero-order valence-corrected chi connectivity index (χ0v) is 17.4. The Morgan fingerprint density at radius 3 is 2.66 bits per heavy atom. The molecule has 29 heavy (non-hydrogen) atoms. The molecule has 0 aliphatic carbocycles. The second-order valence-corrected chi connectivity index (χ2v) is 8.03. The van der Waals surface area contributed by atoms with Crippen molar-refractivity contribution in [2.24, 2.45) is 0 Å². The molecular formula is C24H28N4O. The zero-order chi connectivity index (χ0) is 20.4. The molecule has 1 aliphatic heterocycles. The summed E-state index contributed by atoms with van der Waals surface area (Å²) in [7, 11) is 0. The standard InChI is InChI=1S/C24H28N4O/c1-17-7-9-22(10-8-17)28-16-21(15-27-12-11-23(29)25-14-19(27)3)24(26-28)20-6-4-5-18(2)13-20/h4-10,13,16,19H,11-12,14-15H2,1-3H3,(H,25,29)/t19-/m1/s1. The van der Waals surface area contributed by atoms with E-state index in [-0.39, 0.29) is 11.9 Å². The van der Waals surface area contributed by atoms with Crippen LogP contribution in [-0.4, -0.2) is 39.7 Å². The SMILES string of the molecule is Cc1ccc(-n2cc(CN3CCC(=O)NC[C@H]3C)c(-c3cccc(C)c3)n2)cc1. The number of nitrogens with zero attached hydrogens (tertiary/aromatic N) is 3. The van der Waals surface area contributed by atoms with Crippen molar-refractivity contribution >= 4 is 5.91 Å². The van der Waals surface area contributed by atoms with E-state index in [4.69, 9.17) is 5.10 Å². The number of hydrogen-bond acceptors (Lipinski definition) is 3. The zero-order valence-electron chi connectivity index (χ0n) is 17.4. The summed E-state index contributed by atoms with van der Waals surface area (Å²) in [6, 6.07) is 17.2. The number of benzene rings is 2. The number of amides is 1. The van der Waals surface area contributed by atoms with E-state index in [9.17, 15) is 4.79 Å². The van der Waals surface area contributed by atoms with Crippen molar-refractivity contribution in [3.8, 4) is 16.9 Å². The number of hydrogen-bond donors (Lipinski definition) is 1. The van der Waals surface area contributed by atoms with E-state index < -0.39 is 0 Å². The van der Waals surface area contributed by atoms with Crippen molar-refractivity contribution < 1.29 is 4.79 Å². The molecule has 0 bridgehead atoms. The molecule has 2 aromatic carbocycles. The maximum atomic E-state index is 11.8. The van der Waals surface area contributed by atoms with Gasteiger partial charge in [0.15, 0.2) is 0 Å². The van der Waals surface area contributed by atoms with Crippen LogP contribution in [0.15, 0.2) is 54.7 Å². The number of carbonyl (C=O) groups excluding carboxylic acids is 1. The molecule has 1 saturated heterocycles. The molecule has 1 atom stereocenters. The van der Waals surface area contributed by atoms with Crippen LogP contribution in [0.3, 0.4) is 0 Å². The summed E-state index contributed by atoms with van der Waals surface area (Å²) >= 11 is 0. The topological polar surface area (TPSA) is 50.2 Å². The molecule has 0 radical (unpaired) electrons. The van der Waals surface area contributed by atoms with Crippen LogP contribution >= 0.6 is 0 Å². The van der Waals surface area contributed by atoms with Crippen LogP contribution in [-0.2, 0) is 11.3 Å². The maximum absolute atomic E-state index is 11.8. The molecule has 1 N–H and O–H groups in total. The first-order valence-electron chi connectivity index (χ1n) is 10.2. The van der Waals surface area contributed by atoms with E-state index in [0.29, 0.717) is 13.0 Å². The van der Waals surface area contributed by atoms with Gasteiger partial charge in [-0.05, 0) is 39.0 Å². The van der Waals surface area contributed by atoms with Crippen LogP contribution in [0, 0.1) is 13.8 Å². The second kappa shape index (κ2) is 8.21. The third-order valence-electron chi connectivity index (χ3n) is 5.60. The van der Waals surface area contributed by atoms with Gasteiger partial charge in [-0.1, -0.05) is 41.5 Å². The molecule has 150 valence electrons. The van der Waals surface area contributed by atoms with Crippen LogP contribution in [0.5, 0.6) is 0 Å². The van der Waals surface area contributed by atoms with Gasteiger partial charge in [-0.25, -0.2) is 4.68 Å². The van der Waals surface area contributed by atoms with Crippen molar-refractivity contribution in [1.29, 1.82) is 0 Å². The quantitative estimate of drug-likeness (QED) is 0.738. The van der Waals surface area contributed by atoms with E-state index in [1.807, 2.05) is 4.68 Å². The molecular weight excluding hydrogens is 360 g/mol. The molecule has 2 heterocycles. The van der Waals surface area contributed by atoms with Gasteiger partial charge in [-0.3, -0.25) is 9.69 Å². The van der Waals surface area contributed by atoms with Crippen LogP contribution in [0.4, 0.5) is 0 Å². The largest absolute Gasteiger partial charge is 0.355 e. The minimum absolute atomic E-state index is 0.133. The Labute approximate surface area is 172 Å². The molecule has 3 aromatic rings. The first-order valence-corrected chi connectivity index (χ1v) is 10.2. The summed E-state index contributed by atoms with van der Waals surface area (Å²) in [5.74, 6) is 0.133. The highest BCUT2D eigenvalue weighted by Crippen LogP contribution is 2.26. The van der Waals surface area contributed by atoms with Gasteiger partial charge in [0.2, 0.25) is 5.91 Å². The van der Waals surface area contributed by atoms with Crippen LogP contribution in [0.25, 0.3) is 16.9 Å². The Hall–Kier alpha value is -2.92. The maximum Gasteiger partial charge on any atom is 0.221 e. The summed E-state index contributed by atoms with van der Waals surface area (Å²) in [4.78, 5) is 14.2. The Morgan fingerprint density at radius 2 is 1.90 bits per heavy atom. The Kier molecular flexibility index (Phi) is 5.49. The molecule has 4 rings (SSSR count). The van der Waals surface area contributed by atoms with Gasteiger partial charge in [-0.2, -0.15) is 5.10 Å². The highest BCUT2D eigenvalue weighted by atomic mass is 16.1. The Bertz CT molecular complexity index is 1010. The van der Waals surface area contributed by atoms with Crippen molar-refractivity contribution in [1.82, 2.24) is 20.0 Å². The van der Waals surface area contributed by atoms with Crippen molar-refractivity contribution in [2.45, 2.75) is 39.8 Å². The normalized spacial score (nSPS) is 17.8. The Morgan fingerprint density at radius 1 is 1.10 bits per heavy atom. The minimum atomic E-state index is 0.133.